The molecule has 0 atom stereocenters. The molecule has 0 aliphatic rings. The smallest absolute Gasteiger partial charge is 0.372 e. The van der Waals surface area contributed by atoms with Gasteiger partial charge in [0.15, 0.2) is 0 Å². The third-order valence-corrected chi connectivity index (χ3v) is 2.79. The molecule has 0 saturated carbocycles. The van der Waals surface area contributed by atoms with Crippen molar-refractivity contribution < 1.29 is 59.3 Å². The summed E-state index contributed by atoms with van der Waals surface area (Å²) in [5, 5.41) is 0. The first-order valence-electron chi connectivity index (χ1n) is 4.96. The van der Waals surface area contributed by atoms with Crippen LogP contribution >= 0.6 is 7.82 Å². The van der Waals surface area contributed by atoms with E-state index in [0.717, 1.165) is 0 Å². The first-order valence-corrected chi connectivity index (χ1v) is 6.42. The molecule has 6 heteroatoms. The minimum atomic E-state index is -4.39. The molecule has 0 aromatic heterocycles. The number of hydrogen-bond donors (Lipinski definition) is 0. The number of phosphoric ester groups is 1. The molecule has 0 amide bonds. The second-order valence-corrected chi connectivity index (χ2v) is 4.52. The Morgan fingerprint density at radius 2 is 1.11 bits per heavy atom. The van der Waals surface area contributed by atoms with Crippen LogP contribution in [0, 0.1) is 40.8 Å². The molecular formula is C12H10NdO4P-. The van der Waals surface area contributed by atoms with Crippen molar-refractivity contribution in [3.63, 3.8) is 0 Å². The van der Waals surface area contributed by atoms with Crippen LogP contribution in [0.2, 0.25) is 0 Å². The van der Waals surface area contributed by atoms with Crippen molar-refractivity contribution in [2.75, 3.05) is 0 Å². The largest absolute Gasteiger partial charge is 0.736 e. The Labute approximate surface area is 138 Å². The molecule has 2 aromatic rings. The van der Waals surface area contributed by atoms with Crippen LogP contribution in [0.5, 0.6) is 11.5 Å². The van der Waals surface area contributed by atoms with Crippen LogP contribution in [-0.4, -0.2) is 0 Å². The molecule has 4 nitrogen and oxygen atoms in total. The zero-order valence-electron chi connectivity index (χ0n) is 9.35. The van der Waals surface area contributed by atoms with Gasteiger partial charge < -0.3 is 13.9 Å². The third-order valence-electron chi connectivity index (χ3n) is 1.92. The van der Waals surface area contributed by atoms with Gasteiger partial charge in [0.1, 0.15) is 11.5 Å². The maximum absolute atomic E-state index is 11.6. The van der Waals surface area contributed by atoms with Crippen molar-refractivity contribution in [1.82, 2.24) is 0 Å². The first-order chi connectivity index (χ1) is 8.16. The average Bonchev–Trinajstić information content (AvgIpc) is 2.30. The van der Waals surface area contributed by atoms with Crippen LogP contribution in [0.1, 0.15) is 0 Å². The molecule has 0 spiro atoms. The van der Waals surface area contributed by atoms with Gasteiger partial charge in [-0.15, -0.1) is 0 Å². The molecule has 0 aliphatic heterocycles. The minimum Gasteiger partial charge on any atom is -0.736 e. The molecule has 18 heavy (non-hydrogen) atoms. The monoisotopic (exact) mass is 391 g/mol. The molecule has 0 bridgehead atoms. The Morgan fingerprint density at radius 1 is 0.778 bits per heavy atom. The predicted octanol–water partition coefficient (Wildman–Crippen LogP) is 2.61. The number of rotatable bonds is 4. The number of hydrogen-bond acceptors (Lipinski definition) is 4. The summed E-state index contributed by atoms with van der Waals surface area (Å²) >= 11 is 0. The van der Waals surface area contributed by atoms with Crippen molar-refractivity contribution in [1.29, 1.82) is 0 Å². The van der Waals surface area contributed by atoms with Gasteiger partial charge in [0.2, 0.25) is 0 Å². The molecule has 0 aliphatic carbocycles. The normalized spacial score (nSPS) is 10.3. The molecule has 2 rings (SSSR count). The van der Waals surface area contributed by atoms with E-state index in [4.69, 9.17) is 9.05 Å². The fourth-order valence-electron chi connectivity index (χ4n) is 1.24. The van der Waals surface area contributed by atoms with Crippen LogP contribution in [0.25, 0.3) is 0 Å². The fraction of sp³-hybridized carbons (Fsp3) is 0. The van der Waals surface area contributed by atoms with Gasteiger partial charge in [-0.25, -0.2) is 4.57 Å². The van der Waals surface area contributed by atoms with E-state index >= 15 is 0 Å². The molecule has 0 radical (unpaired) electrons. The fourth-order valence-corrected chi connectivity index (χ4v) is 2.04. The zero-order chi connectivity index (χ0) is 12.1. The Morgan fingerprint density at radius 3 is 1.44 bits per heavy atom. The summed E-state index contributed by atoms with van der Waals surface area (Å²) < 4.78 is 21.1. The van der Waals surface area contributed by atoms with Gasteiger partial charge in [0.05, 0.1) is 0 Å². The zero-order valence-corrected chi connectivity index (χ0v) is 13.5. The van der Waals surface area contributed by atoms with E-state index in [-0.39, 0.29) is 52.3 Å². The maximum Gasteiger partial charge on any atom is 0.372 e. The topological polar surface area (TPSA) is 58.6 Å². The Hall–Kier alpha value is -0.419. The summed E-state index contributed by atoms with van der Waals surface area (Å²) in [6.07, 6.45) is 0. The molecule has 0 heterocycles. The molecule has 0 unspecified atom stereocenters. The molecule has 0 N–H and O–H groups in total. The van der Waals surface area contributed by atoms with Gasteiger partial charge in [0, 0.05) is 40.8 Å². The quantitative estimate of drug-likeness (QED) is 0.750. The van der Waals surface area contributed by atoms with Crippen LogP contribution in [-0.2, 0) is 4.57 Å². The summed E-state index contributed by atoms with van der Waals surface area (Å²) in [7, 11) is -4.39. The van der Waals surface area contributed by atoms with E-state index in [9.17, 15) is 9.46 Å². The van der Waals surface area contributed by atoms with E-state index < -0.39 is 7.82 Å². The molecule has 92 valence electrons. The van der Waals surface area contributed by atoms with Gasteiger partial charge in [-0.05, 0) is 24.3 Å². The van der Waals surface area contributed by atoms with Crippen LogP contribution in [0.3, 0.4) is 0 Å². The van der Waals surface area contributed by atoms with Crippen molar-refractivity contribution in [3.8, 4) is 11.5 Å². The third kappa shape index (κ3) is 5.06. The van der Waals surface area contributed by atoms with Crippen LogP contribution in [0.15, 0.2) is 60.7 Å². The van der Waals surface area contributed by atoms with Crippen molar-refractivity contribution in [3.05, 3.63) is 60.7 Å². The Balaban J connectivity index is 0.00000162. The molecule has 0 saturated heterocycles. The Kier molecular flexibility index (Phi) is 6.29. The minimum absolute atomic E-state index is 0. The number of benzene rings is 2. The summed E-state index contributed by atoms with van der Waals surface area (Å²) in [5.74, 6) is 0.448. The number of phosphoric acid groups is 1. The second kappa shape index (κ2) is 7.24. The van der Waals surface area contributed by atoms with Crippen molar-refractivity contribution in [2.24, 2.45) is 0 Å². The average molecular weight is 393 g/mol. The molecular weight excluding hydrogens is 383 g/mol. The van der Waals surface area contributed by atoms with E-state index in [0.29, 0.717) is 0 Å². The first kappa shape index (κ1) is 15.6. The van der Waals surface area contributed by atoms with E-state index in [1.807, 2.05) is 0 Å². The summed E-state index contributed by atoms with van der Waals surface area (Å²) in [6, 6.07) is 16.4. The van der Waals surface area contributed by atoms with Crippen molar-refractivity contribution >= 4 is 7.82 Å². The maximum atomic E-state index is 11.6. The van der Waals surface area contributed by atoms with E-state index in [1.54, 1.807) is 60.7 Å². The SMILES string of the molecule is O=P([O-])(Oc1ccccc1)Oc1ccccc1.[Nd]. The summed E-state index contributed by atoms with van der Waals surface area (Å²) in [6.45, 7) is 0. The van der Waals surface area contributed by atoms with E-state index in [1.165, 1.54) is 0 Å². The van der Waals surface area contributed by atoms with Gasteiger partial charge >= 0.3 is 7.82 Å². The second-order valence-electron chi connectivity index (χ2n) is 3.26. The number of para-hydroxylation sites is 2. The van der Waals surface area contributed by atoms with Crippen molar-refractivity contribution in [2.45, 2.75) is 0 Å². The van der Waals surface area contributed by atoms with Crippen LogP contribution < -0.4 is 13.9 Å². The molecule has 0 fully saturated rings. The Bertz CT molecular complexity index is 473. The summed E-state index contributed by atoms with van der Waals surface area (Å²) in [5.41, 5.74) is 0. The standard InChI is InChI=1S/C12H11O4P.Nd/c13-17(14,15-11-7-3-1-4-8-11)16-12-9-5-2-6-10-12;/h1-10H,(H,13,14);/p-1. The molecule has 2 aromatic carbocycles. The van der Waals surface area contributed by atoms with Gasteiger partial charge in [-0.2, -0.15) is 0 Å². The predicted molar refractivity (Wildman–Crippen MR) is 61.7 cm³/mol. The van der Waals surface area contributed by atoms with Gasteiger partial charge in [-0.1, -0.05) is 36.4 Å². The van der Waals surface area contributed by atoms with E-state index in [2.05, 4.69) is 0 Å². The van der Waals surface area contributed by atoms with Crippen LogP contribution in [0.4, 0.5) is 0 Å². The van der Waals surface area contributed by atoms with Gasteiger partial charge in [0.25, 0.3) is 0 Å². The summed E-state index contributed by atoms with van der Waals surface area (Å²) in [4.78, 5) is 11.6. The van der Waals surface area contributed by atoms with Gasteiger partial charge in [-0.3, -0.25) is 0 Å².